The van der Waals surface area contributed by atoms with Crippen LogP contribution in [0.3, 0.4) is 0 Å². The fourth-order valence-corrected chi connectivity index (χ4v) is 3.44. The minimum absolute atomic E-state index is 0.0430. The molecule has 1 fully saturated rings. The van der Waals surface area contributed by atoms with Crippen molar-refractivity contribution in [3.05, 3.63) is 59.2 Å². The minimum Gasteiger partial charge on any atom is -0.370 e. The first-order valence-electron chi connectivity index (χ1n) is 7.92. The maximum atomic E-state index is 6.17. The highest BCUT2D eigenvalue weighted by Crippen LogP contribution is 2.42. The van der Waals surface area contributed by atoms with E-state index in [0.29, 0.717) is 18.3 Å². The molecule has 1 saturated carbocycles. The minimum atomic E-state index is 0.0430. The molecule has 1 aliphatic rings. The Labute approximate surface area is 141 Å². The summed E-state index contributed by atoms with van der Waals surface area (Å²) in [6.07, 6.45) is 6.40. The molecule has 0 saturated heterocycles. The second kappa shape index (κ2) is 7.01. The van der Waals surface area contributed by atoms with Crippen molar-refractivity contribution in [2.24, 2.45) is 10.7 Å². The third-order valence-electron chi connectivity index (χ3n) is 4.47. The van der Waals surface area contributed by atoms with Gasteiger partial charge in [0.1, 0.15) is 5.82 Å². The number of guanidine groups is 1. The maximum Gasteiger partial charge on any atom is 0.194 e. The average Bonchev–Trinajstić information content (AvgIpc) is 3.04. The van der Waals surface area contributed by atoms with Crippen molar-refractivity contribution in [2.75, 3.05) is 11.9 Å². The first kappa shape index (κ1) is 15.8. The Balaban J connectivity index is 1.76. The van der Waals surface area contributed by atoms with E-state index in [1.807, 2.05) is 30.3 Å². The predicted molar refractivity (Wildman–Crippen MR) is 95.9 cm³/mol. The van der Waals surface area contributed by atoms with Gasteiger partial charge in [0.25, 0.3) is 0 Å². The van der Waals surface area contributed by atoms with Gasteiger partial charge < -0.3 is 11.1 Å². The number of pyridine rings is 1. The molecule has 0 amide bonds. The van der Waals surface area contributed by atoms with Crippen molar-refractivity contribution >= 4 is 23.4 Å². The summed E-state index contributed by atoms with van der Waals surface area (Å²) < 4.78 is 0. The largest absolute Gasteiger partial charge is 0.370 e. The number of anilines is 1. The lowest BCUT2D eigenvalue weighted by molar-refractivity contribution is 0.454. The van der Waals surface area contributed by atoms with Crippen molar-refractivity contribution in [3.63, 3.8) is 0 Å². The van der Waals surface area contributed by atoms with Gasteiger partial charge in [-0.25, -0.2) is 4.98 Å². The highest BCUT2D eigenvalue weighted by Gasteiger charge is 2.35. The van der Waals surface area contributed by atoms with Crippen molar-refractivity contribution in [3.8, 4) is 0 Å². The van der Waals surface area contributed by atoms with Crippen LogP contribution in [0.25, 0.3) is 0 Å². The Kier molecular flexibility index (Phi) is 4.82. The molecule has 0 radical (unpaired) electrons. The molecule has 5 heteroatoms. The van der Waals surface area contributed by atoms with Crippen molar-refractivity contribution in [1.82, 2.24) is 4.98 Å². The molecular formula is C18H21ClN4. The van der Waals surface area contributed by atoms with Crippen LogP contribution in [-0.2, 0) is 5.41 Å². The smallest absolute Gasteiger partial charge is 0.194 e. The summed E-state index contributed by atoms with van der Waals surface area (Å²) in [6, 6.07) is 13.8. The van der Waals surface area contributed by atoms with Crippen molar-refractivity contribution < 1.29 is 0 Å². The van der Waals surface area contributed by atoms with E-state index in [0.717, 1.165) is 17.9 Å². The van der Waals surface area contributed by atoms with E-state index in [9.17, 15) is 0 Å². The molecule has 4 nitrogen and oxygen atoms in total. The van der Waals surface area contributed by atoms with Gasteiger partial charge in [-0.15, -0.1) is 0 Å². The number of nitrogens with two attached hydrogens (primary N) is 1. The molecule has 0 atom stereocenters. The number of benzene rings is 1. The number of nitrogens with one attached hydrogen (secondary N) is 1. The van der Waals surface area contributed by atoms with E-state index < -0.39 is 0 Å². The van der Waals surface area contributed by atoms with E-state index in [1.165, 1.54) is 18.4 Å². The Bertz CT molecular complexity index is 678. The van der Waals surface area contributed by atoms with Crippen LogP contribution in [0, 0.1) is 0 Å². The lowest BCUT2D eigenvalue weighted by Crippen LogP contribution is -2.30. The molecular weight excluding hydrogens is 308 g/mol. The third-order valence-corrected chi connectivity index (χ3v) is 4.71. The summed E-state index contributed by atoms with van der Waals surface area (Å²) in [5.41, 5.74) is 7.33. The van der Waals surface area contributed by atoms with Gasteiger partial charge in [-0.2, -0.15) is 0 Å². The SMILES string of the molecule is NC(=NCC1(c2cccc(Cl)c2)CCCC1)Nc1ccccn1. The average molecular weight is 329 g/mol. The molecule has 120 valence electrons. The molecule has 0 unspecified atom stereocenters. The first-order valence-corrected chi connectivity index (χ1v) is 8.30. The normalized spacial score (nSPS) is 17.2. The van der Waals surface area contributed by atoms with Crippen LogP contribution in [0.4, 0.5) is 5.82 Å². The third kappa shape index (κ3) is 3.82. The Morgan fingerprint density at radius 1 is 1.22 bits per heavy atom. The highest BCUT2D eigenvalue weighted by atomic mass is 35.5. The van der Waals surface area contributed by atoms with Crippen LogP contribution in [0.1, 0.15) is 31.2 Å². The maximum absolute atomic E-state index is 6.17. The van der Waals surface area contributed by atoms with E-state index in [2.05, 4.69) is 27.4 Å². The molecule has 0 bridgehead atoms. The lowest BCUT2D eigenvalue weighted by atomic mass is 9.79. The summed E-state index contributed by atoms with van der Waals surface area (Å²) in [7, 11) is 0. The number of rotatable bonds is 4. The van der Waals surface area contributed by atoms with Crippen molar-refractivity contribution in [1.29, 1.82) is 0 Å². The van der Waals surface area contributed by atoms with Gasteiger partial charge >= 0.3 is 0 Å². The molecule has 3 rings (SSSR count). The zero-order valence-corrected chi connectivity index (χ0v) is 13.8. The molecule has 1 aromatic heterocycles. The molecule has 0 spiro atoms. The molecule has 1 aromatic carbocycles. The number of aliphatic imine (C=N–C) groups is 1. The van der Waals surface area contributed by atoms with Gasteiger partial charge in [0, 0.05) is 16.6 Å². The Hall–Kier alpha value is -2.07. The molecule has 1 heterocycles. The molecule has 1 aliphatic carbocycles. The fraction of sp³-hybridized carbons (Fsp3) is 0.333. The van der Waals surface area contributed by atoms with Crippen LogP contribution in [0.5, 0.6) is 0 Å². The van der Waals surface area contributed by atoms with Crippen LogP contribution in [0.2, 0.25) is 5.02 Å². The molecule has 3 N–H and O–H groups in total. The fourth-order valence-electron chi connectivity index (χ4n) is 3.25. The topological polar surface area (TPSA) is 63.3 Å². The quantitative estimate of drug-likeness (QED) is 0.659. The number of aromatic nitrogens is 1. The van der Waals surface area contributed by atoms with Gasteiger partial charge in [-0.3, -0.25) is 4.99 Å². The summed E-state index contributed by atoms with van der Waals surface area (Å²) >= 11 is 6.17. The molecule has 0 aliphatic heterocycles. The standard InChI is InChI=1S/C18H21ClN4/c19-15-7-5-6-14(12-15)18(9-2-3-10-18)13-22-17(20)23-16-8-1-4-11-21-16/h1,4-8,11-12H,2-3,9-10,13H2,(H3,20,21,22,23). The summed E-state index contributed by atoms with van der Waals surface area (Å²) in [6.45, 7) is 0.666. The second-order valence-electron chi connectivity index (χ2n) is 6.04. The molecule has 23 heavy (non-hydrogen) atoms. The highest BCUT2D eigenvalue weighted by molar-refractivity contribution is 6.30. The Morgan fingerprint density at radius 2 is 2.04 bits per heavy atom. The predicted octanol–water partition coefficient (Wildman–Crippen LogP) is 3.97. The van der Waals surface area contributed by atoms with Crippen LogP contribution < -0.4 is 11.1 Å². The number of halogens is 1. The Morgan fingerprint density at radius 3 is 2.74 bits per heavy atom. The second-order valence-corrected chi connectivity index (χ2v) is 6.48. The van der Waals surface area contributed by atoms with Crippen LogP contribution >= 0.6 is 11.6 Å². The zero-order valence-electron chi connectivity index (χ0n) is 13.0. The lowest BCUT2D eigenvalue weighted by Gasteiger charge is -2.28. The van der Waals surface area contributed by atoms with Gasteiger partial charge in [0.2, 0.25) is 0 Å². The van der Waals surface area contributed by atoms with Crippen LogP contribution in [-0.4, -0.2) is 17.5 Å². The first-order chi connectivity index (χ1) is 11.2. The van der Waals surface area contributed by atoms with E-state index in [-0.39, 0.29) is 5.41 Å². The number of hydrogen-bond donors (Lipinski definition) is 2. The van der Waals surface area contributed by atoms with Gasteiger partial charge in [-0.1, -0.05) is 42.6 Å². The summed E-state index contributed by atoms with van der Waals surface area (Å²) in [5, 5.41) is 3.81. The number of nitrogens with zero attached hydrogens (tertiary/aromatic N) is 2. The zero-order chi connectivity index (χ0) is 16.1. The van der Waals surface area contributed by atoms with Gasteiger partial charge in [0.15, 0.2) is 5.96 Å². The van der Waals surface area contributed by atoms with Crippen molar-refractivity contribution in [2.45, 2.75) is 31.1 Å². The summed E-state index contributed by atoms with van der Waals surface area (Å²) in [5.74, 6) is 1.11. The summed E-state index contributed by atoms with van der Waals surface area (Å²) in [4.78, 5) is 8.78. The van der Waals surface area contributed by atoms with E-state index >= 15 is 0 Å². The monoisotopic (exact) mass is 328 g/mol. The van der Waals surface area contributed by atoms with Gasteiger partial charge in [0.05, 0.1) is 6.54 Å². The number of hydrogen-bond acceptors (Lipinski definition) is 2. The molecule has 2 aromatic rings. The van der Waals surface area contributed by atoms with Gasteiger partial charge in [-0.05, 0) is 42.7 Å². The van der Waals surface area contributed by atoms with E-state index in [1.54, 1.807) is 6.20 Å². The van der Waals surface area contributed by atoms with Crippen LogP contribution in [0.15, 0.2) is 53.7 Å². The van der Waals surface area contributed by atoms with E-state index in [4.69, 9.17) is 17.3 Å².